The molecule has 4 heteroatoms. The molecule has 1 heterocycles. The number of hydrogen-bond acceptors (Lipinski definition) is 1. The minimum atomic E-state index is -0.248. The Kier molecular flexibility index (Phi) is 3.87. The van der Waals surface area contributed by atoms with Gasteiger partial charge in [0.25, 0.3) is 0 Å². The molecule has 2 aromatic carbocycles. The van der Waals surface area contributed by atoms with Crippen LogP contribution in [0.5, 0.6) is 5.75 Å². The van der Waals surface area contributed by atoms with Crippen LogP contribution in [0.1, 0.15) is 35.4 Å². The van der Waals surface area contributed by atoms with Gasteiger partial charge in [0, 0.05) is 6.42 Å². The lowest BCUT2D eigenvalue weighted by molar-refractivity contribution is 0.138. The fraction of sp³-hybridized carbons (Fsp3) is 0.294. The number of benzene rings is 2. The number of ether oxygens (including phenoxy) is 1. The maximum atomic E-state index is 13.7. The summed E-state index contributed by atoms with van der Waals surface area (Å²) in [5.41, 5.74) is 3.07. The maximum Gasteiger partial charge on any atom is 0.137 e. The number of fused-ring (bicyclic) bond motifs is 1. The first-order valence-corrected chi connectivity index (χ1v) is 8.47. The molecule has 0 saturated heterocycles. The summed E-state index contributed by atoms with van der Waals surface area (Å²) >= 11 is 6.85. The first-order valence-electron chi connectivity index (χ1n) is 6.76. The van der Waals surface area contributed by atoms with E-state index in [0.29, 0.717) is 4.47 Å². The molecule has 21 heavy (non-hydrogen) atoms. The van der Waals surface area contributed by atoms with Gasteiger partial charge in [-0.05, 0) is 64.7 Å². The lowest BCUT2D eigenvalue weighted by Crippen LogP contribution is -2.24. The minimum Gasteiger partial charge on any atom is -0.487 e. The van der Waals surface area contributed by atoms with Crippen LogP contribution in [0, 0.1) is 5.82 Å². The second-order valence-electron chi connectivity index (χ2n) is 5.94. The quantitative estimate of drug-likeness (QED) is 0.566. The highest BCUT2D eigenvalue weighted by molar-refractivity contribution is 9.10. The molecule has 0 saturated carbocycles. The number of rotatable bonds is 2. The van der Waals surface area contributed by atoms with Crippen LogP contribution < -0.4 is 4.74 Å². The van der Waals surface area contributed by atoms with Gasteiger partial charge in [-0.3, -0.25) is 0 Å². The van der Waals surface area contributed by atoms with Gasteiger partial charge in [0.1, 0.15) is 17.2 Å². The molecule has 0 aliphatic carbocycles. The molecule has 1 aliphatic rings. The van der Waals surface area contributed by atoms with Crippen LogP contribution >= 0.6 is 31.9 Å². The topological polar surface area (TPSA) is 9.23 Å². The fourth-order valence-corrected chi connectivity index (χ4v) is 3.47. The van der Waals surface area contributed by atoms with Crippen LogP contribution in [-0.4, -0.2) is 5.60 Å². The molecule has 1 atom stereocenters. The van der Waals surface area contributed by atoms with Crippen molar-refractivity contribution in [3.05, 3.63) is 63.4 Å². The van der Waals surface area contributed by atoms with Crippen LogP contribution in [-0.2, 0) is 6.42 Å². The van der Waals surface area contributed by atoms with Crippen molar-refractivity contribution < 1.29 is 9.13 Å². The molecule has 0 radical (unpaired) electrons. The second-order valence-corrected chi connectivity index (χ2v) is 7.71. The molecular weight excluding hydrogens is 399 g/mol. The van der Waals surface area contributed by atoms with Gasteiger partial charge < -0.3 is 4.74 Å². The third-order valence-electron chi connectivity index (χ3n) is 3.62. The Morgan fingerprint density at radius 3 is 2.52 bits per heavy atom. The summed E-state index contributed by atoms with van der Waals surface area (Å²) in [4.78, 5) is -0.0332. The Morgan fingerprint density at radius 1 is 1.14 bits per heavy atom. The summed E-state index contributed by atoms with van der Waals surface area (Å²) in [6, 6.07) is 11.4. The molecule has 1 unspecified atom stereocenters. The molecule has 2 aromatic rings. The highest BCUT2D eigenvalue weighted by Crippen LogP contribution is 2.39. The molecule has 1 nitrogen and oxygen atoms in total. The predicted molar refractivity (Wildman–Crippen MR) is 89.7 cm³/mol. The summed E-state index contributed by atoms with van der Waals surface area (Å²) in [5, 5.41) is 0. The lowest BCUT2D eigenvalue weighted by atomic mass is 9.98. The molecule has 1 aliphatic heterocycles. The van der Waals surface area contributed by atoms with Crippen LogP contribution in [0.25, 0.3) is 0 Å². The van der Waals surface area contributed by atoms with Crippen LogP contribution in [0.15, 0.2) is 40.9 Å². The zero-order chi connectivity index (χ0) is 15.2. The number of halogens is 3. The van der Waals surface area contributed by atoms with E-state index >= 15 is 0 Å². The van der Waals surface area contributed by atoms with Gasteiger partial charge in [-0.15, -0.1) is 0 Å². The molecule has 0 amide bonds. The average Bonchev–Trinajstić information content (AvgIpc) is 2.73. The normalized spacial score (nSPS) is 17.2. The van der Waals surface area contributed by atoms with Crippen LogP contribution in [0.2, 0.25) is 0 Å². The van der Waals surface area contributed by atoms with E-state index in [1.165, 1.54) is 5.56 Å². The molecule has 110 valence electrons. The second kappa shape index (κ2) is 5.40. The van der Waals surface area contributed by atoms with E-state index in [1.54, 1.807) is 12.1 Å². The Morgan fingerprint density at radius 2 is 1.81 bits per heavy atom. The van der Waals surface area contributed by atoms with Gasteiger partial charge in [-0.2, -0.15) is 0 Å². The molecule has 0 spiro atoms. The van der Waals surface area contributed by atoms with Gasteiger partial charge in [0.15, 0.2) is 0 Å². The van der Waals surface area contributed by atoms with Crippen molar-refractivity contribution in [3.63, 3.8) is 0 Å². The molecule has 0 N–H and O–H groups in total. The Bertz CT molecular complexity index is 697. The summed E-state index contributed by atoms with van der Waals surface area (Å²) < 4.78 is 20.1. The molecular formula is C17H15Br2FO. The van der Waals surface area contributed by atoms with E-state index in [1.807, 2.05) is 18.2 Å². The van der Waals surface area contributed by atoms with E-state index < -0.39 is 0 Å². The number of hydrogen-bond donors (Lipinski definition) is 0. The van der Waals surface area contributed by atoms with E-state index in [-0.39, 0.29) is 16.2 Å². The lowest BCUT2D eigenvalue weighted by Gasteiger charge is -2.16. The zero-order valence-electron chi connectivity index (χ0n) is 11.8. The minimum absolute atomic E-state index is 0.0332. The zero-order valence-corrected chi connectivity index (χ0v) is 15.0. The Labute approximate surface area is 140 Å². The van der Waals surface area contributed by atoms with Crippen molar-refractivity contribution in [1.29, 1.82) is 0 Å². The molecule has 3 rings (SSSR count). The first kappa shape index (κ1) is 15.0. The number of alkyl halides is 1. The van der Waals surface area contributed by atoms with Gasteiger partial charge in [0.05, 0.1) is 9.30 Å². The fourth-order valence-electron chi connectivity index (χ4n) is 2.65. The summed E-state index contributed by atoms with van der Waals surface area (Å²) in [7, 11) is 0. The van der Waals surface area contributed by atoms with Crippen molar-refractivity contribution in [2.75, 3.05) is 0 Å². The predicted octanol–water partition coefficient (Wildman–Crippen LogP) is 5.79. The standard InChI is InChI=1S/C17H15Br2FO/c1-17(2)9-12-7-10(4-6-15(12)21-17)16(19)11-3-5-13(18)14(20)8-11/h3-8,16H,9H2,1-2H3. The van der Waals surface area contributed by atoms with Crippen LogP contribution in [0.3, 0.4) is 0 Å². The first-order chi connectivity index (χ1) is 9.85. The third kappa shape index (κ3) is 3.02. The van der Waals surface area contributed by atoms with Gasteiger partial charge >= 0.3 is 0 Å². The SMILES string of the molecule is CC1(C)Cc2cc(C(Br)c3ccc(Br)c(F)c3)ccc2O1. The Hall–Kier alpha value is -0.870. The highest BCUT2D eigenvalue weighted by atomic mass is 79.9. The van der Waals surface area contributed by atoms with Gasteiger partial charge in [0.2, 0.25) is 0 Å². The van der Waals surface area contributed by atoms with Gasteiger partial charge in [-0.25, -0.2) is 4.39 Å². The molecule has 0 fully saturated rings. The summed E-state index contributed by atoms with van der Waals surface area (Å²) in [5.74, 6) is 0.702. The van der Waals surface area contributed by atoms with E-state index in [4.69, 9.17) is 4.74 Å². The van der Waals surface area contributed by atoms with E-state index in [9.17, 15) is 4.39 Å². The Balaban J connectivity index is 1.93. The highest BCUT2D eigenvalue weighted by Gasteiger charge is 2.30. The van der Waals surface area contributed by atoms with Crippen molar-refractivity contribution in [3.8, 4) is 5.75 Å². The van der Waals surface area contributed by atoms with Crippen molar-refractivity contribution in [2.24, 2.45) is 0 Å². The van der Waals surface area contributed by atoms with Crippen molar-refractivity contribution in [2.45, 2.75) is 30.7 Å². The monoisotopic (exact) mass is 412 g/mol. The largest absolute Gasteiger partial charge is 0.487 e. The van der Waals surface area contributed by atoms with Crippen LogP contribution in [0.4, 0.5) is 4.39 Å². The average molecular weight is 414 g/mol. The van der Waals surface area contributed by atoms with Gasteiger partial charge in [-0.1, -0.05) is 34.1 Å². The third-order valence-corrected chi connectivity index (χ3v) is 5.32. The van der Waals surface area contributed by atoms with E-state index in [2.05, 4.69) is 51.8 Å². The summed E-state index contributed by atoms with van der Waals surface area (Å²) in [6.07, 6.45) is 0.893. The summed E-state index contributed by atoms with van der Waals surface area (Å²) in [6.45, 7) is 4.17. The molecule has 0 bridgehead atoms. The smallest absolute Gasteiger partial charge is 0.137 e. The van der Waals surface area contributed by atoms with E-state index in [0.717, 1.165) is 23.3 Å². The molecule has 0 aromatic heterocycles. The maximum absolute atomic E-state index is 13.7. The van der Waals surface area contributed by atoms with Crippen molar-refractivity contribution >= 4 is 31.9 Å². The van der Waals surface area contributed by atoms with Crippen molar-refractivity contribution in [1.82, 2.24) is 0 Å².